The molecular formula is C11H13F2NO. The molecule has 1 aromatic rings. The van der Waals surface area contributed by atoms with Crippen molar-refractivity contribution in [2.75, 3.05) is 7.05 Å². The first kappa shape index (κ1) is 11.8. The number of benzene rings is 1. The highest BCUT2D eigenvalue weighted by molar-refractivity contribution is 6.02. The number of hydrogen-bond donors (Lipinski definition) is 1. The summed E-state index contributed by atoms with van der Waals surface area (Å²) in [6.45, 7) is 3.35. The van der Waals surface area contributed by atoms with Crippen LogP contribution in [-0.4, -0.2) is 18.4 Å². The van der Waals surface area contributed by atoms with E-state index in [4.69, 9.17) is 0 Å². The minimum Gasteiger partial charge on any atom is -0.308 e. The number of Topliss-reactive ketones (excluding diaryl/α,β-unsaturated/α-hetero) is 1. The molecule has 0 unspecified atom stereocenters. The van der Waals surface area contributed by atoms with E-state index in [9.17, 15) is 13.6 Å². The molecule has 0 saturated heterocycles. The fourth-order valence-electron chi connectivity index (χ4n) is 1.11. The number of hydrogen-bond acceptors (Lipinski definition) is 2. The Hall–Kier alpha value is -1.29. The lowest BCUT2D eigenvalue weighted by Gasteiger charge is -2.22. The van der Waals surface area contributed by atoms with Gasteiger partial charge in [-0.15, -0.1) is 0 Å². The van der Waals surface area contributed by atoms with Gasteiger partial charge in [-0.2, -0.15) is 0 Å². The SMILES string of the molecule is CNC(C)(C)C(=O)c1ccc(F)c(F)c1. The number of ketones is 1. The lowest BCUT2D eigenvalue weighted by Crippen LogP contribution is -2.44. The third-order valence-corrected chi connectivity index (χ3v) is 2.37. The van der Waals surface area contributed by atoms with Crippen LogP contribution in [-0.2, 0) is 0 Å². The molecule has 0 amide bonds. The van der Waals surface area contributed by atoms with Crippen molar-refractivity contribution >= 4 is 5.78 Å². The van der Waals surface area contributed by atoms with Crippen molar-refractivity contribution in [2.45, 2.75) is 19.4 Å². The summed E-state index contributed by atoms with van der Waals surface area (Å²) in [5.41, 5.74) is -0.627. The van der Waals surface area contributed by atoms with E-state index in [1.807, 2.05) is 0 Å². The third-order valence-electron chi connectivity index (χ3n) is 2.37. The number of nitrogens with one attached hydrogen (secondary N) is 1. The standard InChI is InChI=1S/C11H13F2NO/c1-11(2,14-3)10(15)7-4-5-8(12)9(13)6-7/h4-6,14H,1-3H3. The van der Waals surface area contributed by atoms with Gasteiger partial charge in [0, 0.05) is 5.56 Å². The van der Waals surface area contributed by atoms with Crippen LogP contribution in [0.25, 0.3) is 0 Å². The summed E-state index contributed by atoms with van der Waals surface area (Å²) in [5.74, 6) is -2.23. The van der Waals surface area contributed by atoms with Crippen LogP contribution in [0.3, 0.4) is 0 Å². The summed E-state index contributed by atoms with van der Waals surface area (Å²) in [6, 6.07) is 3.14. The first-order chi connectivity index (χ1) is 6.88. The second-order valence-electron chi connectivity index (χ2n) is 3.83. The molecule has 1 aromatic carbocycles. The second kappa shape index (κ2) is 4.06. The molecule has 15 heavy (non-hydrogen) atoms. The van der Waals surface area contributed by atoms with Crippen molar-refractivity contribution in [3.8, 4) is 0 Å². The van der Waals surface area contributed by atoms with E-state index in [-0.39, 0.29) is 11.3 Å². The summed E-state index contributed by atoms with van der Waals surface area (Å²) in [6.07, 6.45) is 0. The largest absolute Gasteiger partial charge is 0.308 e. The maximum atomic E-state index is 12.9. The van der Waals surface area contributed by atoms with E-state index < -0.39 is 17.2 Å². The van der Waals surface area contributed by atoms with Crippen molar-refractivity contribution in [2.24, 2.45) is 0 Å². The van der Waals surface area contributed by atoms with E-state index in [0.717, 1.165) is 12.1 Å². The molecule has 0 heterocycles. The maximum absolute atomic E-state index is 12.9. The van der Waals surface area contributed by atoms with Crippen molar-refractivity contribution in [1.82, 2.24) is 5.32 Å². The molecule has 2 nitrogen and oxygen atoms in total. The zero-order valence-electron chi connectivity index (χ0n) is 8.90. The summed E-state index contributed by atoms with van der Waals surface area (Å²) in [4.78, 5) is 11.8. The summed E-state index contributed by atoms with van der Waals surface area (Å²) in [5, 5.41) is 2.81. The molecule has 0 fully saturated rings. The molecule has 0 bridgehead atoms. The fourth-order valence-corrected chi connectivity index (χ4v) is 1.11. The molecule has 0 aliphatic heterocycles. The lowest BCUT2D eigenvalue weighted by atomic mass is 9.93. The van der Waals surface area contributed by atoms with Gasteiger partial charge >= 0.3 is 0 Å². The van der Waals surface area contributed by atoms with E-state index in [0.29, 0.717) is 0 Å². The molecule has 0 radical (unpaired) electrons. The molecule has 1 rings (SSSR count). The Morgan fingerprint density at radius 3 is 2.33 bits per heavy atom. The predicted octanol–water partition coefficient (Wildman–Crippen LogP) is 2.15. The van der Waals surface area contributed by atoms with E-state index >= 15 is 0 Å². The highest BCUT2D eigenvalue weighted by Gasteiger charge is 2.26. The number of halogens is 2. The quantitative estimate of drug-likeness (QED) is 0.779. The predicted molar refractivity (Wildman–Crippen MR) is 53.8 cm³/mol. The van der Waals surface area contributed by atoms with Gasteiger partial charge in [0.15, 0.2) is 17.4 Å². The molecule has 0 saturated carbocycles. The van der Waals surface area contributed by atoms with Gasteiger partial charge in [0.1, 0.15) is 0 Å². The molecule has 0 atom stereocenters. The Balaban J connectivity index is 3.08. The molecule has 0 aromatic heterocycles. The monoisotopic (exact) mass is 213 g/mol. The van der Waals surface area contributed by atoms with Gasteiger partial charge in [0.05, 0.1) is 5.54 Å². The van der Waals surface area contributed by atoms with E-state index in [1.165, 1.54) is 6.07 Å². The highest BCUT2D eigenvalue weighted by atomic mass is 19.2. The summed E-state index contributed by atoms with van der Waals surface area (Å²) in [7, 11) is 1.64. The van der Waals surface area contributed by atoms with Gasteiger partial charge in [-0.1, -0.05) is 0 Å². The van der Waals surface area contributed by atoms with Crippen LogP contribution in [0.4, 0.5) is 8.78 Å². The van der Waals surface area contributed by atoms with Crippen LogP contribution in [0.5, 0.6) is 0 Å². The van der Waals surface area contributed by atoms with Crippen LogP contribution < -0.4 is 5.32 Å². The Labute approximate surface area is 87.3 Å². The van der Waals surface area contributed by atoms with Gasteiger partial charge in [0.2, 0.25) is 0 Å². The normalized spacial score (nSPS) is 11.5. The number of carbonyl (C=O) groups excluding carboxylic acids is 1. The minimum absolute atomic E-state index is 0.160. The maximum Gasteiger partial charge on any atom is 0.182 e. The third kappa shape index (κ3) is 2.39. The average Bonchev–Trinajstić information content (AvgIpc) is 2.21. The average molecular weight is 213 g/mol. The Kier molecular flexibility index (Phi) is 3.19. The molecule has 0 aliphatic carbocycles. The van der Waals surface area contributed by atoms with Crippen LogP contribution in [0.15, 0.2) is 18.2 Å². The Bertz CT molecular complexity index is 388. The lowest BCUT2D eigenvalue weighted by molar-refractivity contribution is 0.0889. The van der Waals surface area contributed by atoms with E-state index in [2.05, 4.69) is 5.32 Å². The van der Waals surface area contributed by atoms with Crippen molar-refractivity contribution < 1.29 is 13.6 Å². The molecule has 0 spiro atoms. The van der Waals surface area contributed by atoms with Gasteiger partial charge in [-0.25, -0.2) is 8.78 Å². The van der Waals surface area contributed by atoms with Crippen molar-refractivity contribution in [3.63, 3.8) is 0 Å². The summed E-state index contributed by atoms with van der Waals surface area (Å²) >= 11 is 0. The second-order valence-corrected chi connectivity index (χ2v) is 3.83. The summed E-state index contributed by atoms with van der Waals surface area (Å²) < 4.78 is 25.5. The Morgan fingerprint density at radius 2 is 1.87 bits per heavy atom. The van der Waals surface area contributed by atoms with Crippen molar-refractivity contribution in [3.05, 3.63) is 35.4 Å². The fraction of sp³-hybridized carbons (Fsp3) is 0.364. The molecule has 4 heteroatoms. The van der Waals surface area contributed by atoms with Crippen LogP contribution >= 0.6 is 0 Å². The number of likely N-dealkylation sites (N-methyl/N-ethyl adjacent to an activating group) is 1. The highest BCUT2D eigenvalue weighted by Crippen LogP contribution is 2.15. The topological polar surface area (TPSA) is 29.1 Å². The molecule has 82 valence electrons. The zero-order valence-corrected chi connectivity index (χ0v) is 8.90. The van der Waals surface area contributed by atoms with Crippen LogP contribution in [0, 0.1) is 11.6 Å². The molecule has 1 N–H and O–H groups in total. The van der Waals surface area contributed by atoms with Crippen LogP contribution in [0.1, 0.15) is 24.2 Å². The first-order valence-corrected chi connectivity index (χ1v) is 4.57. The number of carbonyl (C=O) groups is 1. The van der Waals surface area contributed by atoms with Gasteiger partial charge in [-0.05, 0) is 39.1 Å². The molecule has 0 aliphatic rings. The van der Waals surface area contributed by atoms with E-state index in [1.54, 1.807) is 20.9 Å². The van der Waals surface area contributed by atoms with Gasteiger partial charge in [-0.3, -0.25) is 4.79 Å². The van der Waals surface area contributed by atoms with Crippen molar-refractivity contribution in [1.29, 1.82) is 0 Å². The smallest absolute Gasteiger partial charge is 0.182 e. The minimum atomic E-state index is -1.01. The van der Waals surface area contributed by atoms with Gasteiger partial charge < -0.3 is 5.32 Å². The number of rotatable bonds is 3. The van der Waals surface area contributed by atoms with Gasteiger partial charge in [0.25, 0.3) is 0 Å². The molecular weight excluding hydrogens is 200 g/mol. The Morgan fingerprint density at radius 1 is 1.27 bits per heavy atom. The van der Waals surface area contributed by atoms with Crippen LogP contribution in [0.2, 0.25) is 0 Å². The first-order valence-electron chi connectivity index (χ1n) is 4.57. The zero-order chi connectivity index (χ0) is 11.6.